The van der Waals surface area contributed by atoms with Crippen molar-refractivity contribution in [2.45, 2.75) is 57.0 Å². The molecule has 33 heavy (non-hydrogen) atoms. The van der Waals surface area contributed by atoms with Crippen LogP contribution in [0.25, 0.3) is 11.1 Å². The van der Waals surface area contributed by atoms with Crippen LogP contribution in [0.2, 0.25) is 0 Å². The predicted octanol–water partition coefficient (Wildman–Crippen LogP) is 4.16. The lowest BCUT2D eigenvalue weighted by atomic mass is 9.90. The minimum absolute atomic E-state index is 0.0293. The van der Waals surface area contributed by atoms with E-state index in [2.05, 4.69) is 17.4 Å². The van der Waals surface area contributed by atoms with Gasteiger partial charge in [0.1, 0.15) is 12.6 Å². The largest absolute Gasteiger partial charge is 0.481 e. The van der Waals surface area contributed by atoms with E-state index in [0.717, 1.165) is 41.5 Å². The van der Waals surface area contributed by atoms with Crippen molar-refractivity contribution in [1.82, 2.24) is 10.2 Å². The summed E-state index contributed by atoms with van der Waals surface area (Å²) in [6.45, 7) is 2.57. The van der Waals surface area contributed by atoms with E-state index in [-0.39, 0.29) is 37.3 Å². The summed E-state index contributed by atoms with van der Waals surface area (Å²) in [6, 6.07) is 15.4. The molecule has 1 saturated carbocycles. The van der Waals surface area contributed by atoms with Gasteiger partial charge in [-0.3, -0.25) is 9.59 Å². The van der Waals surface area contributed by atoms with Crippen molar-refractivity contribution < 1.29 is 24.2 Å². The van der Waals surface area contributed by atoms with Crippen molar-refractivity contribution in [3.63, 3.8) is 0 Å². The number of carbonyl (C=O) groups is 3. The smallest absolute Gasteiger partial charge is 0.407 e. The maximum atomic E-state index is 13.1. The average Bonchev–Trinajstić information content (AvgIpc) is 3.10. The molecular formula is C26H30N2O5. The van der Waals surface area contributed by atoms with Crippen LogP contribution in [0.4, 0.5) is 4.79 Å². The summed E-state index contributed by atoms with van der Waals surface area (Å²) in [5, 5.41) is 11.8. The van der Waals surface area contributed by atoms with Crippen molar-refractivity contribution in [2.24, 2.45) is 0 Å². The van der Waals surface area contributed by atoms with Crippen LogP contribution < -0.4 is 5.32 Å². The zero-order valence-corrected chi connectivity index (χ0v) is 18.8. The number of benzene rings is 2. The molecule has 7 nitrogen and oxygen atoms in total. The first kappa shape index (κ1) is 22.8. The van der Waals surface area contributed by atoms with Crippen LogP contribution in [0.3, 0.4) is 0 Å². The Hall–Kier alpha value is -3.35. The minimum atomic E-state index is -1.01. The van der Waals surface area contributed by atoms with Gasteiger partial charge in [-0.1, -0.05) is 48.5 Å². The molecule has 0 aromatic heterocycles. The number of nitrogens with zero attached hydrogens (tertiary/aromatic N) is 1. The van der Waals surface area contributed by atoms with Gasteiger partial charge in [0, 0.05) is 24.9 Å². The second-order valence-corrected chi connectivity index (χ2v) is 8.66. The van der Waals surface area contributed by atoms with E-state index in [4.69, 9.17) is 9.84 Å². The third-order valence-electron chi connectivity index (χ3n) is 6.72. The molecule has 2 N–H and O–H groups in total. The first-order valence-corrected chi connectivity index (χ1v) is 11.6. The Morgan fingerprint density at radius 1 is 1.06 bits per heavy atom. The molecule has 2 aromatic rings. The van der Waals surface area contributed by atoms with E-state index in [1.165, 1.54) is 0 Å². The molecular weight excluding hydrogens is 420 g/mol. The number of fused-ring (bicyclic) bond motifs is 3. The fourth-order valence-electron chi connectivity index (χ4n) is 4.80. The van der Waals surface area contributed by atoms with Gasteiger partial charge in [0.2, 0.25) is 5.91 Å². The van der Waals surface area contributed by atoms with E-state index in [9.17, 15) is 14.4 Å². The summed E-state index contributed by atoms with van der Waals surface area (Å²) in [6.07, 6.45) is 2.08. The van der Waals surface area contributed by atoms with Gasteiger partial charge >= 0.3 is 12.1 Å². The molecule has 0 radical (unpaired) electrons. The van der Waals surface area contributed by atoms with Gasteiger partial charge in [0.05, 0.1) is 0 Å². The Kier molecular flexibility index (Phi) is 6.96. The summed E-state index contributed by atoms with van der Waals surface area (Å²) in [7, 11) is 0. The maximum absolute atomic E-state index is 13.1. The first-order chi connectivity index (χ1) is 16.0. The zero-order chi connectivity index (χ0) is 23.4. The number of hydrogen-bond acceptors (Lipinski definition) is 4. The normalized spacial score (nSPS) is 15.7. The summed E-state index contributed by atoms with van der Waals surface area (Å²) in [5.41, 5.74) is 4.48. The molecule has 174 valence electrons. The van der Waals surface area contributed by atoms with Crippen LogP contribution in [0.1, 0.15) is 56.1 Å². The lowest BCUT2D eigenvalue weighted by Crippen LogP contribution is -2.53. The topological polar surface area (TPSA) is 95.9 Å². The molecule has 1 fully saturated rings. The zero-order valence-electron chi connectivity index (χ0n) is 18.8. The van der Waals surface area contributed by atoms with E-state index >= 15 is 0 Å². The third kappa shape index (κ3) is 4.87. The Balaban J connectivity index is 1.43. The number of carbonyl (C=O) groups excluding carboxylic acids is 2. The van der Waals surface area contributed by atoms with Gasteiger partial charge in [-0.15, -0.1) is 0 Å². The number of likely N-dealkylation sites (N-methyl/N-ethyl adjacent to an activating group) is 1. The highest BCUT2D eigenvalue weighted by atomic mass is 16.5. The van der Waals surface area contributed by atoms with Crippen LogP contribution in [-0.4, -0.2) is 53.2 Å². The highest BCUT2D eigenvalue weighted by molar-refractivity contribution is 5.86. The molecule has 0 spiro atoms. The quantitative estimate of drug-likeness (QED) is 0.598. The Labute approximate surface area is 193 Å². The Morgan fingerprint density at radius 2 is 1.67 bits per heavy atom. The number of carboxylic acid groups (broad SMARTS) is 1. The van der Waals surface area contributed by atoms with Crippen LogP contribution in [-0.2, 0) is 14.3 Å². The molecule has 0 aliphatic heterocycles. The van der Waals surface area contributed by atoms with E-state index in [0.29, 0.717) is 6.54 Å². The molecule has 0 saturated heterocycles. The number of carboxylic acids is 1. The monoisotopic (exact) mass is 450 g/mol. The lowest BCUT2D eigenvalue weighted by molar-refractivity contribution is -0.139. The van der Waals surface area contributed by atoms with Gasteiger partial charge in [0.25, 0.3) is 0 Å². The van der Waals surface area contributed by atoms with E-state index in [1.807, 2.05) is 43.3 Å². The summed E-state index contributed by atoms with van der Waals surface area (Å²) < 4.78 is 5.57. The number of nitrogens with one attached hydrogen (secondary N) is 1. The molecule has 2 amide bonds. The minimum Gasteiger partial charge on any atom is -0.481 e. The molecule has 2 aliphatic carbocycles. The lowest BCUT2D eigenvalue weighted by Gasteiger charge is -2.38. The van der Waals surface area contributed by atoms with Crippen molar-refractivity contribution >= 4 is 18.0 Å². The predicted molar refractivity (Wildman–Crippen MR) is 124 cm³/mol. The molecule has 0 bridgehead atoms. The molecule has 4 rings (SSSR count). The standard InChI is InChI=1S/C26H30N2O5/c1-2-28(17-8-7-9-17)25(31)23(14-15-24(29)30)27-26(32)33-16-22-20-12-5-3-10-18(20)19-11-4-6-13-21(19)22/h3-6,10-13,17,22-23H,2,7-9,14-16H2,1H3,(H,27,32)(H,29,30). The number of aliphatic carboxylic acids is 1. The Bertz CT molecular complexity index is 987. The van der Waals surface area contributed by atoms with Gasteiger partial charge in [0.15, 0.2) is 0 Å². The number of hydrogen-bond donors (Lipinski definition) is 2. The Morgan fingerprint density at radius 3 is 2.18 bits per heavy atom. The summed E-state index contributed by atoms with van der Waals surface area (Å²) in [4.78, 5) is 38.7. The van der Waals surface area contributed by atoms with Crippen molar-refractivity contribution in [1.29, 1.82) is 0 Å². The fourth-order valence-corrected chi connectivity index (χ4v) is 4.80. The molecule has 0 heterocycles. The number of amides is 2. The van der Waals surface area contributed by atoms with Crippen LogP contribution in [0, 0.1) is 0 Å². The van der Waals surface area contributed by atoms with Gasteiger partial charge in [-0.2, -0.15) is 0 Å². The molecule has 7 heteroatoms. The fraction of sp³-hybridized carbons (Fsp3) is 0.423. The van der Waals surface area contributed by atoms with Crippen LogP contribution in [0.15, 0.2) is 48.5 Å². The average molecular weight is 451 g/mol. The first-order valence-electron chi connectivity index (χ1n) is 11.6. The van der Waals surface area contributed by atoms with Crippen molar-refractivity contribution in [3.05, 3.63) is 59.7 Å². The molecule has 2 aliphatic rings. The van der Waals surface area contributed by atoms with Gasteiger partial charge in [-0.05, 0) is 54.9 Å². The summed E-state index contributed by atoms with van der Waals surface area (Å²) in [5.74, 6) is -1.33. The third-order valence-corrected chi connectivity index (χ3v) is 6.72. The van der Waals surface area contributed by atoms with E-state index < -0.39 is 18.1 Å². The summed E-state index contributed by atoms with van der Waals surface area (Å²) >= 11 is 0. The maximum Gasteiger partial charge on any atom is 0.407 e. The molecule has 1 atom stereocenters. The second kappa shape index (κ2) is 10.1. The number of ether oxygens (including phenoxy) is 1. The highest BCUT2D eigenvalue weighted by Gasteiger charge is 2.34. The number of alkyl carbamates (subject to hydrolysis) is 1. The SMILES string of the molecule is CCN(C(=O)C(CCC(=O)O)NC(=O)OCC1c2ccccc2-c2ccccc21)C1CCC1. The second-order valence-electron chi connectivity index (χ2n) is 8.66. The van der Waals surface area contributed by atoms with E-state index in [1.54, 1.807) is 4.90 Å². The van der Waals surface area contributed by atoms with Crippen LogP contribution >= 0.6 is 0 Å². The molecule has 2 aromatic carbocycles. The van der Waals surface area contributed by atoms with Crippen molar-refractivity contribution in [2.75, 3.05) is 13.2 Å². The van der Waals surface area contributed by atoms with Gasteiger partial charge < -0.3 is 20.1 Å². The van der Waals surface area contributed by atoms with Crippen molar-refractivity contribution in [3.8, 4) is 11.1 Å². The molecule has 1 unspecified atom stereocenters. The van der Waals surface area contributed by atoms with Crippen LogP contribution in [0.5, 0.6) is 0 Å². The highest BCUT2D eigenvalue weighted by Crippen LogP contribution is 2.44. The van der Waals surface area contributed by atoms with Gasteiger partial charge in [-0.25, -0.2) is 4.79 Å². The number of rotatable bonds is 9.